The average Bonchev–Trinajstić information content (AvgIpc) is 3.20. The van der Waals surface area contributed by atoms with Gasteiger partial charge < -0.3 is 14.5 Å². The first-order chi connectivity index (χ1) is 16.0. The first-order valence-corrected chi connectivity index (χ1v) is 12.3. The summed E-state index contributed by atoms with van der Waals surface area (Å²) in [5.74, 6) is 0. The van der Waals surface area contributed by atoms with E-state index in [0.717, 1.165) is 58.9 Å². The van der Waals surface area contributed by atoms with E-state index in [-0.39, 0.29) is 5.41 Å². The molecule has 3 saturated heterocycles. The second-order valence-corrected chi connectivity index (χ2v) is 10.3. The maximum atomic E-state index is 13.6. The van der Waals surface area contributed by atoms with E-state index >= 15 is 0 Å². The summed E-state index contributed by atoms with van der Waals surface area (Å²) in [4.78, 5) is 18.4. The van der Waals surface area contributed by atoms with Crippen molar-refractivity contribution < 1.29 is 27.1 Å². The Morgan fingerprint density at radius 2 is 1.76 bits per heavy atom. The van der Waals surface area contributed by atoms with E-state index in [4.69, 9.17) is 0 Å². The minimum atomic E-state index is -4.55. The van der Waals surface area contributed by atoms with Crippen molar-refractivity contribution in [3.63, 3.8) is 0 Å². The molecular weight excluding hydrogens is 450 g/mol. The second-order valence-electron chi connectivity index (χ2n) is 10.3. The van der Waals surface area contributed by atoms with Gasteiger partial charge in [0.1, 0.15) is 6.17 Å². The third-order valence-electron chi connectivity index (χ3n) is 7.75. The summed E-state index contributed by atoms with van der Waals surface area (Å²) < 4.78 is 56.5. The third-order valence-corrected chi connectivity index (χ3v) is 7.75. The number of benzene rings is 1. The van der Waals surface area contributed by atoms with E-state index < -0.39 is 24.5 Å². The van der Waals surface area contributed by atoms with Gasteiger partial charge in [0.2, 0.25) is 0 Å². The Bertz CT molecular complexity index is 862. The zero-order valence-corrected chi connectivity index (χ0v) is 20.0. The SMILES string of the molecule is Cc1ccc(CN2CCC3(CC2)CCN(C(=O)OC(C)C(F)(F)F)C3)c(N2CCC(F)CC2)c1. The minimum Gasteiger partial charge on any atom is -0.437 e. The van der Waals surface area contributed by atoms with Gasteiger partial charge in [0.25, 0.3) is 0 Å². The highest BCUT2D eigenvalue weighted by molar-refractivity contribution is 5.68. The fourth-order valence-electron chi connectivity index (χ4n) is 5.41. The van der Waals surface area contributed by atoms with Crippen molar-refractivity contribution in [1.82, 2.24) is 9.80 Å². The Balaban J connectivity index is 1.32. The number of piperidine rings is 2. The number of aryl methyl sites for hydroxylation is 1. The van der Waals surface area contributed by atoms with Gasteiger partial charge in [-0.25, -0.2) is 9.18 Å². The Morgan fingerprint density at radius 1 is 1.12 bits per heavy atom. The summed E-state index contributed by atoms with van der Waals surface area (Å²) in [6.45, 7) is 7.88. The molecule has 34 heavy (non-hydrogen) atoms. The molecule has 4 rings (SSSR count). The summed E-state index contributed by atoms with van der Waals surface area (Å²) in [5, 5.41) is 0. The molecule has 0 bridgehead atoms. The van der Waals surface area contributed by atoms with E-state index in [1.165, 1.54) is 21.7 Å². The van der Waals surface area contributed by atoms with Crippen molar-refractivity contribution in [3.8, 4) is 0 Å². The number of amides is 1. The minimum absolute atomic E-state index is 0.0455. The molecule has 1 aromatic rings. The maximum Gasteiger partial charge on any atom is 0.425 e. The molecule has 0 N–H and O–H groups in total. The first kappa shape index (κ1) is 25.1. The molecule has 3 heterocycles. The summed E-state index contributed by atoms with van der Waals surface area (Å²) >= 11 is 0. The largest absolute Gasteiger partial charge is 0.437 e. The van der Waals surface area contributed by atoms with Crippen molar-refractivity contribution in [2.45, 2.75) is 70.9 Å². The van der Waals surface area contributed by atoms with E-state index in [1.54, 1.807) is 0 Å². The van der Waals surface area contributed by atoms with Crippen LogP contribution in [0.15, 0.2) is 18.2 Å². The molecule has 0 saturated carbocycles. The molecule has 1 spiro atoms. The summed E-state index contributed by atoms with van der Waals surface area (Å²) in [6.07, 6.45) is -4.48. The van der Waals surface area contributed by atoms with Gasteiger partial charge in [0.05, 0.1) is 0 Å². The molecule has 1 atom stereocenters. The van der Waals surface area contributed by atoms with Crippen molar-refractivity contribution >= 4 is 11.8 Å². The summed E-state index contributed by atoms with van der Waals surface area (Å²) in [6, 6.07) is 6.49. The lowest BCUT2D eigenvalue weighted by atomic mass is 9.77. The Labute approximate surface area is 199 Å². The molecular formula is C25H35F4N3O2. The number of rotatable bonds is 4. The molecule has 3 aliphatic heterocycles. The summed E-state index contributed by atoms with van der Waals surface area (Å²) in [7, 11) is 0. The molecule has 0 aliphatic carbocycles. The van der Waals surface area contributed by atoms with Crippen LogP contribution in [0.25, 0.3) is 0 Å². The number of anilines is 1. The zero-order chi connectivity index (χ0) is 24.5. The van der Waals surface area contributed by atoms with E-state index in [0.29, 0.717) is 25.9 Å². The molecule has 0 aromatic heterocycles. The van der Waals surface area contributed by atoms with Crippen molar-refractivity contribution in [3.05, 3.63) is 29.3 Å². The van der Waals surface area contributed by atoms with Gasteiger partial charge in [-0.1, -0.05) is 12.1 Å². The molecule has 1 amide bonds. The highest BCUT2D eigenvalue weighted by Gasteiger charge is 2.45. The Kier molecular flexibility index (Phi) is 7.31. The van der Waals surface area contributed by atoms with Gasteiger partial charge >= 0.3 is 12.3 Å². The van der Waals surface area contributed by atoms with Gasteiger partial charge in [-0.2, -0.15) is 13.2 Å². The molecule has 3 fully saturated rings. The van der Waals surface area contributed by atoms with Crippen LogP contribution in [-0.2, 0) is 11.3 Å². The lowest BCUT2D eigenvalue weighted by Gasteiger charge is -2.40. The molecule has 190 valence electrons. The molecule has 0 radical (unpaired) electrons. The number of hydrogen-bond donors (Lipinski definition) is 0. The Morgan fingerprint density at radius 3 is 2.41 bits per heavy atom. The van der Waals surface area contributed by atoms with Crippen LogP contribution >= 0.6 is 0 Å². The van der Waals surface area contributed by atoms with Crippen LogP contribution in [0.3, 0.4) is 0 Å². The van der Waals surface area contributed by atoms with Gasteiger partial charge in [0.15, 0.2) is 6.10 Å². The highest BCUT2D eigenvalue weighted by atomic mass is 19.4. The van der Waals surface area contributed by atoms with E-state index in [9.17, 15) is 22.4 Å². The van der Waals surface area contributed by atoms with Gasteiger partial charge in [-0.3, -0.25) is 4.90 Å². The van der Waals surface area contributed by atoms with Crippen molar-refractivity contribution in [1.29, 1.82) is 0 Å². The fraction of sp³-hybridized carbons (Fsp3) is 0.720. The molecule has 3 aliphatic rings. The number of halogens is 4. The molecule has 1 unspecified atom stereocenters. The number of likely N-dealkylation sites (tertiary alicyclic amines) is 2. The van der Waals surface area contributed by atoms with Crippen molar-refractivity contribution in [2.75, 3.05) is 44.2 Å². The van der Waals surface area contributed by atoms with Gasteiger partial charge in [0, 0.05) is 38.4 Å². The monoisotopic (exact) mass is 485 g/mol. The standard InChI is InChI=1S/C25H35F4N3O2/c1-18-3-4-20(22(15-18)31-10-5-21(26)6-11-31)16-30-12-7-24(8-13-30)9-14-32(17-24)23(33)34-19(2)25(27,28)29/h3-4,15,19,21H,5-14,16-17H2,1-2H3. The average molecular weight is 486 g/mol. The number of ether oxygens (including phenoxy) is 1. The number of nitrogens with zero attached hydrogens (tertiary/aromatic N) is 3. The van der Waals surface area contributed by atoms with Crippen LogP contribution in [0.5, 0.6) is 0 Å². The van der Waals surface area contributed by atoms with Crippen LogP contribution < -0.4 is 4.90 Å². The number of carbonyl (C=O) groups is 1. The van der Waals surface area contributed by atoms with Gasteiger partial charge in [-0.15, -0.1) is 0 Å². The molecule has 5 nitrogen and oxygen atoms in total. The maximum absolute atomic E-state index is 13.6. The lowest BCUT2D eigenvalue weighted by Crippen LogP contribution is -2.43. The number of alkyl halides is 4. The highest BCUT2D eigenvalue weighted by Crippen LogP contribution is 2.41. The van der Waals surface area contributed by atoms with Crippen LogP contribution in [0.1, 0.15) is 50.2 Å². The normalized spacial score (nSPS) is 22.9. The second kappa shape index (κ2) is 9.91. The van der Waals surface area contributed by atoms with Gasteiger partial charge in [-0.05, 0) is 81.6 Å². The smallest absolute Gasteiger partial charge is 0.425 e. The molecule has 1 aromatic carbocycles. The lowest BCUT2D eigenvalue weighted by molar-refractivity contribution is -0.199. The first-order valence-electron chi connectivity index (χ1n) is 12.3. The predicted molar refractivity (Wildman–Crippen MR) is 123 cm³/mol. The fourth-order valence-corrected chi connectivity index (χ4v) is 5.41. The third kappa shape index (κ3) is 5.78. The summed E-state index contributed by atoms with van der Waals surface area (Å²) in [5.41, 5.74) is 3.59. The van der Waals surface area contributed by atoms with Crippen LogP contribution in [0.2, 0.25) is 0 Å². The van der Waals surface area contributed by atoms with Crippen molar-refractivity contribution in [2.24, 2.45) is 5.41 Å². The number of hydrogen-bond acceptors (Lipinski definition) is 4. The predicted octanol–water partition coefficient (Wildman–Crippen LogP) is 5.31. The van der Waals surface area contributed by atoms with Crippen LogP contribution in [0.4, 0.5) is 28.0 Å². The molecule has 9 heteroatoms. The zero-order valence-electron chi connectivity index (χ0n) is 20.0. The van der Waals surface area contributed by atoms with E-state index in [1.807, 2.05) is 0 Å². The van der Waals surface area contributed by atoms with Crippen LogP contribution in [-0.4, -0.2) is 73.6 Å². The number of carbonyl (C=O) groups excluding carboxylic acids is 1. The topological polar surface area (TPSA) is 36.0 Å². The quantitative estimate of drug-likeness (QED) is 0.542. The van der Waals surface area contributed by atoms with E-state index in [2.05, 4.69) is 39.7 Å². The van der Waals surface area contributed by atoms with Crippen LogP contribution in [0, 0.1) is 12.3 Å². The Hall–Kier alpha value is -2.03.